The van der Waals surface area contributed by atoms with Gasteiger partial charge in [0.25, 0.3) is 0 Å². The van der Waals surface area contributed by atoms with Crippen LogP contribution in [0.4, 0.5) is 38.1 Å². The Hall–Kier alpha value is -2.31. The highest BCUT2D eigenvalue weighted by molar-refractivity contribution is 5.82. The van der Waals surface area contributed by atoms with Crippen LogP contribution in [0.25, 0.3) is 11.2 Å². The molecule has 1 unspecified atom stereocenters. The quantitative estimate of drug-likeness (QED) is 0.787. The van der Waals surface area contributed by atoms with Crippen molar-refractivity contribution in [3.05, 3.63) is 6.33 Å². The molecule has 1 saturated carbocycles. The number of hydrogen-bond acceptors (Lipinski definition) is 5. The van der Waals surface area contributed by atoms with E-state index in [1.165, 1.54) is 0 Å². The lowest BCUT2D eigenvalue weighted by Crippen LogP contribution is -2.32. The fourth-order valence-electron chi connectivity index (χ4n) is 3.38. The maximum absolute atomic E-state index is 12.8. The fourth-order valence-corrected chi connectivity index (χ4v) is 3.38. The van der Waals surface area contributed by atoms with Gasteiger partial charge in [-0.1, -0.05) is 0 Å². The lowest BCUT2D eigenvalue weighted by Gasteiger charge is -2.23. The van der Waals surface area contributed by atoms with E-state index in [9.17, 15) is 31.4 Å². The van der Waals surface area contributed by atoms with E-state index in [1.807, 2.05) is 0 Å². The number of nitrogens with zero attached hydrogens (tertiary/aromatic N) is 4. The molecule has 0 amide bonds. The van der Waals surface area contributed by atoms with Crippen LogP contribution in [0.5, 0.6) is 0 Å². The summed E-state index contributed by atoms with van der Waals surface area (Å²) >= 11 is 0. The summed E-state index contributed by atoms with van der Waals surface area (Å²) in [4.78, 5) is 11.3. The van der Waals surface area contributed by atoms with Crippen LogP contribution < -0.4 is 11.5 Å². The van der Waals surface area contributed by atoms with Crippen molar-refractivity contribution in [1.82, 2.24) is 19.5 Å². The van der Waals surface area contributed by atoms with E-state index in [0.717, 1.165) is 10.9 Å². The van der Waals surface area contributed by atoms with E-state index in [2.05, 4.69) is 15.0 Å². The zero-order valence-electron chi connectivity index (χ0n) is 13.0. The third-order valence-electron chi connectivity index (χ3n) is 4.48. The van der Waals surface area contributed by atoms with Gasteiger partial charge in [0, 0.05) is 5.41 Å². The third-order valence-corrected chi connectivity index (χ3v) is 4.48. The number of anilines is 2. The summed E-state index contributed by atoms with van der Waals surface area (Å²) in [5, 5.41) is 12.7. The molecule has 1 aliphatic rings. The van der Waals surface area contributed by atoms with Crippen molar-refractivity contribution >= 4 is 22.9 Å². The minimum absolute atomic E-state index is 0.0231. The molecule has 13 heteroatoms. The molecule has 1 atom stereocenters. The van der Waals surface area contributed by atoms with Crippen molar-refractivity contribution in [3.8, 4) is 0 Å². The van der Waals surface area contributed by atoms with Gasteiger partial charge in [-0.15, -0.1) is 0 Å². The molecule has 0 spiro atoms. The van der Waals surface area contributed by atoms with E-state index in [0.29, 0.717) is 0 Å². The molecule has 1 aliphatic carbocycles. The Kier molecular flexibility index (Phi) is 3.80. The van der Waals surface area contributed by atoms with Crippen LogP contribution in [-0.4, -0.2) is 37.5 Å². The Morgan fingerprint density at radius 2 is 1.65 bits per heavy atom. The van der Waals surface area contributed by atoms with Gasteiger partial charge in [-0.2, -0.15) is 36.3 Å². The molecular weight excluding hydrogens is 370 g/mol. The molecule has 26 heavy (non-hydrogen) atoms. The van der Waals surface area contributed by atoms with Crippen LogP contribution in [0.15, 0.2) is 6.33 Å². The predicted molar refractivity (Wildman–Crippen MR) is 76.0 cm³/mol. The minimum atomic E-state index is -4.90. The highest BCUT2D eigenvalue weighted by Crippen LogP contribution is 2.66. The Balaban J connectivity index is 1.94. The van der Waals surface area contributed by atoms with Crippen molar-refractivity contribution in [2.45, 2.75) is 43.8 Å². The van der Waals surface area contributed by atoms with Crippen LogP contribution in [0.2, 0.25) is 0 Å². The average Bonchev–Trinajstić information content (AvgIpc) is 2.73. The smallest absolute Gasteiger partial charge is 0.382 e. The largest absolute Gasteiger partial charge is 0.389 e. The van der Waals surface area contributed by atoms with Gasteiger partial charge in [0.05, 0.1) is 25.7 Å². The molecule has 1 fully saturated rings. The second-order valence-electron chi connectivity index (χ2n) is 6.55. The highest BCUT2D eigenvalue weighted by Gasteiger charge is 2.73. The van der Waals surface area contributed by atoms with E-state index in [-0.39, 0.29) is 22.9 Å². The normalized spacial score (nSPS) is 22.7. The predicted octanol–water partition coefficient (Wildman–Crippen LogP) is 2.45. The van der Waals surface area contributed by atoms with Gasteiger partial charge in [-0.25, -0.2) is 10.1 Å². The number of alkyl halides is 6. The second-order valence-corrected chi connectivity index (χ2v) is 6.55. The maximum Gasteiger partial charge on any atom is 0.389 e. The first-order chi connectivity index (χ1) is 11.7. The number of nitrogen functional groups attached to an aromatic ring is 2. The molecule has 2 aromatic rings. The van der Waals surface area contributed by atoms with Gasteiger partial charge >= 0.3 is 12.4 Å². The number of hydrogen-bond donors (Lipinski definition) is 2. The summed E-state index contributed by atoms with van der Waals surface area (Å²) in [5.74, 6) is -0.372. The van der Waals surface area contributed by atoms with Gasteiger partial charge in [-0.3, -0.25) is 0 Å². The standard InChI is InChI=1S/C13H13F6N6O/c14-12(15,16)2-10(3-13(17,18)19)1-11(10,26)4-25-5-22-6-7(20)23-9(21)24-8(6)25/h5H,1-4H2,(H4,20,21,23,24). The second kappa shape index (κ2) is 5.34. The summed E-state index contributed by atoms with van der Waals surface area (Å²) in [7, 11) is 0. The molecule has 4 N–H and O–H groups in total. The van der Waals surface area contributed by atoms with Gasteiger partial charge in [-0.05, 0) is 6.42 Å². The van der Waals surface area contributed by atoms with Gasteiger partial charge in [0.15, 0.2) is 11.5 Å². The van der Waals surface area contributed by atoms with Crippen molar-refractivity contribution < 1.29 is 31.4 Å². The summed E-state index contributed by atoms with van der Waals surface area (Å²) in [6.45, 7) is -0.675. The summed E-state index contributed by atoms with van der Waals surface area (Å²) in [6, 6.07) is 0. The van der Waals surface area contributed by atoms with Gasteiger partial charge in [0.2, 0.25) is 5.95 Å². The van der Waals surface area contributed by atoms with E-state index >= 15 is 0 Å². The number of halogens is 6. The number of aromatic nitrogens is 4. The Bertz CT molecular complexity index is 830. The van der Waals surface area contributed by atoms with Crippen LogP contribution in [0, 0.1) is 5.41 Å². The Labute approximate surface area is 142 Å². The summed E-state index contributed by atoms with van der Waals surface area (Å²) in [5.41, 5.74) is 6.11. The van der Waals surface area contributed by atoms with Gasteiger partial charge < -0.3 is 16.0 Å². The van der Waals surface area contributed by atoms with Crippen LogP contribution in [0.3, 0.4) is 0 Å². The van der Waals surface area contributed by atoms with Crippen molar-refractivity contribution in [2.24, 2.45) is 5.41 Å². The number of nitrogens with two attached hydrogens (primary N) is 2. The van der Waals surface area contributed by atoms with Gasteiger partial charge in [0.1, 0.15) is 11.1 Å². The van der Waals surface area contributed by atoms with Crippen LogP contribution in [-0.2, 0) is 11.7 Å². The Morgan fingerprint density at radius 1 is 1.08 bits per heavy atom. The zero-order valence-corrected chi connectivity index (χ0v) is 13.0. The third kappa shape index (κ3) is 3.34. The molecule has 1 radical (unpaired) electrons. The molecule has 0 aliphatic heterocycles. The molecule has 0 aromatic carbocycles. The SMILES string of the molecule is Nc1nc(N)c2ncn(CC3([O])CC3(CC(F)(F)F)CC(F)(F)F)c2n1. The average molecular weight is 383 g/mol. The monoisotopic (exact) mass is 383 g/mol. The molecule has 2 heterocycles. The molecule has 143 valence electrons. The van der Waals surface area contributed by atoms with E-state index in [1.54, 1.807) is 0 Å². The van der Waals surface area contributed by atoms with Crippen molar-refractivity contribution in [1.29, 1.82) is 0 Å². The van der Waals surface area contributed by atoms with Crippen molar-refractivity contribution in [2.75, 3.05) is 11.5 Å². The van der Waals surface area contributed by atoms with Crippen LogP contribution in [0.1, 0.15) is 19.3 Å². The topological polar surface area (TPSA) is 116 Å². The summed E-state index contributed by atoms with van der Waals surface area (Å²) in [6.07, 6.45) is -13.1. The minimum Gasteiger partial charge on any atom is -0.382 e. The molecule has 3 rings (SSSR count). The number of rotatable bonds is 4. The van der Waals surface area contributed by atoms with E-state index in [4.69, 9.17) is 11.5 Å². The lowest BCUT2D eigenvalue weighted by atomic mass is 9.92. The lowest BCUT2D eigenvalue weighted by molar-refractivity contribution is -0.191. The van der Waals surface area contributed by atoms with E-state index < -0.39 is 49.2 Å². The number of fused-ring (bicyclic) bond motifs is 1. The zero-order chi connectivity index (χ0) is 19.5. The highest BCUT2D eigenvalue weighted by atomic mass is 19.4. The number of imidazole rings is 1. The first-order valence-corrected chi connectivity index (χ1v) is 7.31. The molecular formula is C13H13F6N6O. The molecule has 0 saturated heterocycles. The maximum atomic E-state index is 12.8. The molecule has 2 aromatic heterocycles. The first kappa shape index (κ1) is 18.5. The first-order valence-electron chi connectivity index (χ1n) is 7.31. The summed E-state index contributed by atoms with van der Waals surface area (Å²) < 4.78 is 77.7. The van der Waals surface area contributed by atoms with Crippen molar-refractivity contribution in [3.63, 3.8) is 0 Å². The molecule has 7 nitrogen and oxygen atoms in total. The van der Waals surface area contributed by atoms with Crippen LogP contribution >= 0.6 is 0 Å². The fraction of sp³-hybridized carbons (Fsp3) is 0.615. The molecule has 0 bridgehead atoms. The Morgan fingerprint density at radius 3 is 2.19 bits per heavy atom.